The van der Waals surface area contributed by atoms with Gasteiger partial charge in [0.1, 0.15) is 18.4 Å². The second-order valence-corrected chi connectivity index (χ2v) is 7.54. The lowest BCUT2D eigenvalue weighted by Gasteiger charge is -2.07. The first-order chi connectivity index (χ1) is 15.1. The molecule has 0 radical (unpaired) electrons. The number of hydrogen-bond donors (Lipinski definition) is 1. The molecule has 31 heavy (non-hydrogen) atoms. The summed E-state index contributed by atoms with van der Waals surface area (Å²) in [5, 5.41) is 13.8. The van der Waals surface area contributed by atoms with Crippen LogP contribution in [0.5, 0.6) is 5.75 Å². The van der Waals surface area contributed by atoms with E-state index in [1.54, 1.807) is 0 Å². The third-order valence-electron chi connectivity index (χ3n) is 4.55. The van der Waals surface area contributed by atoms with Gasteiger partial charge in [-0.05, 0) is 53.6 Å². The van der Waals surface area contributed by atoms with Gasteiger partial charge in [0.25, 0.3) is 0 Å². The fraction of sp³-hybridized carbons (Fsp3) is 0.0833. The minimum atomic E-state index is 0.185. The topological polar surface area (TPSA) is 71.1 Å². The van der Waals surface area contributed by atoms with Crippen molar-refractivity contribution in [2.24, 2.45) is 0 Å². The molecule has 0 spiro atoms. The summed E-state index contributed by atoms with van der Waals surface area (Å²) in [6, 6.07) is 24.4. The summed E-state index contributed by atoms with van der Waals surface area (Å²) in [5.41, 5.74) is 2.84. The van der Waals surface area contributed by atoms with Crippen molar-refractivity contribution in [1.82, 2.24) is 4.98 Å². The van der Waals surface area contributed by atoms with Gasteiger partial charge >= 0.3 is 0 Å². The quantitative estimate of drug-likeness (QED) is 0.339. The van der Waals surface area contributed by atoms with Crippen LogP contribution in [0.25, 0.3) is 11.5 Å². The molecule has 7 heteroatoms. The molecule has 154 valence electrons. The molecule has 1 heterocycles. The number of halogens is 2. The van der Waals surface area contributed by atoms with E-state index in [1.165, 1.54) is 0 Å². The third kappa shape index (κ3) is 5.18. The Balaban J connectivity index is 1.43. The van der Waals surface area contributed by atoms with Crippen LogP contribution in [0.3, 0.4) is 0 Å². The average molecular weight is 450 g/mol. The van der Waals surface area contributed by atoms with Crippen LogP contribution >= 0.6 is 23.2 Å². The van der Waals surface area contributed by atoms with Crippen LogP contribution < -0.4 is 10.1 Å². The molecule has 1 aromatic heterocycles. The number of nitriles is 1. The zero-order valence-corrected chi connectivity index (χ0v) is 17.8. The number of nitrogens with one attached hydrogen (secondary N) is 1. The minimum Gasteiger partial charge on any atom is -0.489 e. The summed E-state index contributed by atoms with van der Waals surface area (Å²) >= 11 is 12.1. The molecule has 4 aromatic rings. The zero-order valence-electron chi connectivity index (χ0n) is 16.3. The first-order valence-electron chi connectivity index (χ1n) is 9.48. The predicted octanol–water partition coefficient (Wildman–Crippen LogP) is 6.71. The van der Waals surface area contributed by atoms with Crippen molar-refractivity contribution in [2.75, 3.05) is 5.32 Å². The molecule has 4 rings (SSSR count). The Morgan fingerprint density at radius 2 is 1.71 bits per heavy atom. The summed E-state index contributed by atoms with van der Waals surface area (Å²) in [7, 11) is 0. The Morgan fingerprint density at radius 3 is 2.42 bits per heavy atom. The van der Waals surface area contributed by atoms with Gasteiger partial charge in [0.2, 0.25) is 17.5 Å². The van der Waals surface area contributed by atoms with Gasteiger partial charge in [-0.25, -0.2) is 0 Å². The van der Waals surface area contributed by atoms with Crippen LogP contribution in [-0.2, 0) is 13.2 Å². The fourth-order valence-electron chi connectivity index (χ4n) is 2.90. The Bertz CT molecular complexity index is 1210. The number of aromatic nitrogens is 1. The number of rotatable bonds is 7. The van der Waals surface area contributed by atoms with Gasteiger partial charge in [-0.15, -0.1) is 0 Å². The Morgan fingerprint density at radius 1 is 0.968 bits per heavy atom. The smallest absolute Gasteiger partial charge is 0.232 e. The monoisotopic (exact) mass is 449 g/mol. The van der Waals surface area contributed by atoms with Crippen LogP contribution in [0.15, 0.2) is 77.2 Å². The first-order valence-corrected chi connectivity index (χ1v) is 10.2. The van der Waals surface area contributed by atoms with E-state index < -0.39 is 0 Å². The van der Waals surface area contributed by atoms with Gasteiger partial charge in [0.15, 0.2) is 0 Å². The van der Waals surface area contributed by atoms with Crippen LogP contribution in [0, 0.1) is 11.3 Å². The predicted molar refractivity (Wildman–Crippen MR) is 121 cm³/mol. The highest BCUT2D eigenvalue weighted by atomic mass is 35.5. The van der Waals surface area contributed by atoms with Crippen molar-refractivity contribution in [2.45, 2.75) is 13.2 Å². The normalized spacial score (nSPS) is 10.5. The van der Waals surface area contributed by atoms with Crippen molar-refractivity contribution in [3.63, 3.8) is 0 Å². The van der Waals surface area contributed by atoms with Crippen LogP contribution in [0.4, 0.5) is 5.88 Å². The lowest BCUT2D eigenvalue weighted by molar-refractivity contribution is 0.306. The molecule has 1 N–H and O–H groups in total. The number of nitrogens with zero attached hydrogens (tertiary/aromatic N) is 2. The molecule has 0 aliphatic carbocycles. The number of oxazole rings is 1. The summed E-state index contributed by atoms with van der Waals surface area (Å²) in [6.07, 6.45) is 0. The van der Waals surface area contributed by atoms with Gasteiger partial charge in [0, 0.05) is 22.2 Å². The number of hydrogen-bond acceptors (Lipinski definition) is 5. The van der Waals surface area contributed by atoms with Crippen molar-refractivity contribution >= 4 is 29.1 Å². The minimum absolute atomic E-state index is 0.185. The van der Waals surface area contributed by atoms with Crippen molar-refractivity contribution in [3.8, 4) is 23.3 Å². The van der Waals surface area contributed by atoms with Crippen LogP contribution in [0.1, 0.15) is 16.8 Å². The van der Waals surface area contributed by atoms with E-state index in [-0.39, 0.29) is 5.69 Å². The van der Waals surface area contributed by atoms with E-state index in [9.17, 15) is 5.26 Å². The molecule has 3 aromatic carbocycles. The number of ether oxygens (including phenoxy) is 1. The third-order valence-corrected chi connectivity index (χ3v) is 5.17. The second-order valence-electron chi connectivity index (χ2n) is 6.69. The average Bonchev–Trinajstić information content (AvgIpc) is 3.22. The van der Waals surface area contributed by atoms with Crippen molar-refractivity contribution < 1.29 is 9.15 Å². The van der Waals surface area contributed by atoms with E-state index in [1.807, 2.05) is 72.8 Å². The standard InChI is InChI=1S/C24H17Cl2N3O2/c25-19-9-5-16(6-10-19)15-30-20-11-7-17(8-12-20)23-29-22(13-27)24(31-23)28-14-18-3-1-2-4-21(18)26/h1-12,28H,14-15H2. The molecule has 0 bridgehead atoms. The summed E-state index contributed by atoms with van der Waals surface area (Å²) < 4.78 is 11.6. The maximum Gasteiger partial charge on any atom is 0.232 e. The largest absolute Gasteiger partial charge is 0.489 e. The lowest BCUT2D eigenvalue weighted by Crippen LogP contribution is -2.00. The van der Waals surface area contributed by atoms with Gasteiger partial charge in [-0.3, -0.25) is 0 Å². The van der Waals surface area contributed by atoms with E-state index in [0.717, 1.165) is 16.7 Å². The van der Waals surface area contributed by atoms with Crippen LogP contribution in [0.2, 0.25) is 10.0 Å². The SMILES string of the molecule is N#Cc1nc(-c2ccc(OCc3ccc(Cl)cc3)cc2)oc1NCc1ccccc1Cl. The maximum absolute atomic E-state index is 9.40. The van der Waals surface area contributed by atoms with Crippen LogP contribution in [-0.4, -0.2) is 4.98 Å². The summed E-state index contributed by atoms with van der Waals surface area (Å²) in [6.45, 7) is 0.852. The molecule has 0 atom stereocenters. The lowest BCUT2D eigenvalue weighted by atomic mass is 10.2. The van der Waals surface area contributed by atoms with Crippen molar-refractivity contribution in [3.05, 3.63) is 99.7 Å². The highest BCUT2D eigenvalue weighted by molar-refractivity contribution is 6.31. The molecular formula is C24H17Cl2N3O2. The molecule has 0 unspecified atom stereocenters. The molecule has 0 aliphatic rings. The number of anilines is 1. The zero-order chi connectivity index (χ0) is 21.6. The van der Waals surface area contributed by atoms with E-state index in [2.05, 4.69) is 16.4 Å². The molecular weight excluding hydrogens is 433 g/mol. The summed E-state index contributed by atoms with van der Waals surface area (Å²) in [5.74, 6) is 1.37. The van der Waals surface area contributed by atoms with Crippen molar-refractivity contribution in [1.29, 1.82) is 5.26 Å². The molecule has 0 aliphatic heterocycles. The van der Waals surface area contributed by atoms with E-state index in [0.29, 0.717) is 40.7 Å². The molecule has 5 nitrogen and oxygen atoms in total. The highest BCUT2D eigenvalue weighted by Gasteiger charge is 2.15. The second kappa shape index (κ2) is 9.57. The molecule has 0 amide bonds. The summed E-state index contributed by atoms with van der Waals surface area (Å²) in [4.78, 5) is 4.29. The van der Waals surface area contributed by atoms with Gasteiger partial charge in [-0.1, -0.05) is 53.5 Å². The first kappa shape index (κ1) is 20.8. The Hall–Kier alpha value is -3.46. The van der Waals surface area contributed by atoms with E-state index >= 15 is 0 Å². The molecule has 0 saturated heterocycles. The maximum atomic E-state index is 9.40. The molecule has 0 fully saturated rings. The van der Waals surface area contributed by atoms with Gasteiger partial charge < -0.3 is 14.5 Å². The highest BCUT2D eigenvalue weighted by Crippen LogP contribution is 2.28. The Kier molecular flexibility index (Phi) is 6.42. The fourth-order valence-corrected chi connectivity index (χ4v) is 3.23. The Labute approximate surface area is 189 Å². The van der Waals surface area contributed by atoms with E-state index in [4.69, 9.17) is 32.4 Å². The van der Waals surface area contributed by atoms with Gasteiger partial charge in [0.05, 0.1) is 0 Å². The molecule has 0 saturated carbocycles. The number of benzene rings is 3. The van der Waals surface area contributed by atoms with Gasteiger partial charge in [-0.2, -0.15) is 10.2 Å².